The lowest BCUT2D eigenvalue weighted by Crippen LogP contribution is -2.09. The SMILES string of the molecule is COCCNc1cc(-c2cc(F)ccc2C)c2cc[nH]c2n1. The third-order valence-corrected chi connectivity index (χ3v) is 3.63. The van der Waals surface area contributed by atoms with Crippen LogP contribution in [0.3, 0.4) is 0 Å². The van der Waals surface area contributed by atoms with E-state index in [4.69, 9.17) is 4.74 Å². The largest absolute Gasteiger partial charge is 0.383 e. The van der Waals surface area contributed by atoms with Crippen molar-refractivity contribution in [3.63, 3.8) is 0 Å². The standard InChI is InChI=1S/C17H18FN3O/c1-11-3-4-12(18)9-14(11)15-10-16(19-7-8-22-2)21-17-13(15)5-6-20-17/h3-6,9-10H,7-8H2,1-2H3,(H2,19,20,21). The van der Waals surface area contributed by atoms with Crippen molar-refractivity contribution in [1.29, 1.82) is 0 Å². The molecule has 0 fully saturated rings. The first-order chi connectivity index (χ1) is 10.7. The molecule has 114 valence electrons. The minimum absolute atomic E-state index is 0.241. The highest BCUT2D eigenvalue weighted by atomic mass is 19.1. The van der Waals surface area contributed by atoms with E-state index in [1.54, 1.807) is 19.2 Å². The predicted octanol–water partition coefficient (Wildman–Crippen LogP) is 3.74. The van der Waals surface area contributed by atoms with Crippen molar-refractivity contribution in [2.45, 2.75) is 6.92 Å². The predicted molar refractivity (Wildman–Crippen MR) is 86.6 cm³/mol. The average molecular weight is 299 g/mol. The fourth-order valence-electron chi connectivity index (χ4n) is 2.52. The topological polar surface area (TPSA) is 49.9 Å². The number of ether oxygens (including phenoxy) is 1. The van der Waals surface area contributed by atoms with Crippen LogP contribution in [0.1, 0.15) is 5.56 Å². The van der Waals surface area contributed by atoms with Crippen LogP contribution in [0, 0.1) is 12.7 Å². The zero-order chi connectivity index (χ0) is 15.5. The van der Waals surface area contributed by atoms with Crippen LogP contribution in [0.25, 0.3) is 22.2 Å². The fourth-order valence-corrected chi connectivity index (χ4v) is 2.52. The first-order valence-corrected chi connectivity index (χ1v) is 7.16. The summed E-state index contributed by atoms with van der Waals surface area (Å²) in [4.78, 5) is 7.65. The van der Waals surface area contributed by atoms with Gasteiger partial charge in [0, 0.05) is 25.2 Å². The molecule has 3 aromatic rings. The van der Waals surface area contributed by atoms with Gasteiger partial charge in [0.05, 0.1) is 6.61 Å². The van der Waals surface area contributed by atoms with Crippen molar-refractivity contribution in [3.8, 4) is 11.1 Å². The minimum atomic E-state index is -0.241. The number of aromatic nitrogens is 2. The van der Waals surface area contributed by atoms with E-state index in [9.17, 15) is 4.39 Å². The Balaban J connectivity index is 2.10. The zero-order valence-electron chi connectivity index (χ0n) is 12.6. The molecule has 2 N–H and O–H groups in total. The van der Waals surface area contributed by atoms with Crippen LogP contribution in [0.5, 0.6) is 0 Å². The summed E-state index contributed by atoms with van der Waals surface area (Å²) in [6, 6.07) is 8.75. The van der Waals surface area contributed by atoms with Crippen LogP contribution in [-0.2, 0) is 4.74 Å². The maximum Gasteiger partial charge on any atom is 0.140 e. The molecule has 0 aliphatic carbocycles. The average Bonchev–Trinajstić information content (AvgIpc) is 2.98. The summed E-state index contributed by atoms with van der Waals surface area (Å²) in [6.45, 7) is 3.24. The molecule has 1 aromatic carbocycles. The molecule has 0 aliphatic heterocycles. The molecule has 3 rings (SSSR count). The first kappa shape index (κ1) is 14.5. The van der Waals surface area contributed by atoms with Crippen molar-refractivity contribution in [2.75, 3.05) is 25.6 Å². The number of rotatable bonds is 5. The number of methoxy groups -OCH3 is 1. The van der Waals surface area contributed by atoms with Gasteiger partial charge in [0.15, 0.2) is 0 Å². The number of hydrogen-bond acceptors (Lipinski definition) is 3. The smallest absolute Gasteiger partial charge is 0.140 e. The van der Waals surface area contributed by atoms with Gasteiger partial charge in [0.1, 0.15) is 17.3 Å². The van der Waals surface area contributed by atoms with Crippen LogP contribution in [0.4, 0.5) is 10.2 Å². The molecule has 0 aliphatic rings. The second kappa shape index (κ2) is 6.15. The lowest BCUT2D eigenvalue weighted by molar-refractivity contribution is 0.210. The Bertz CT molecular complexity index is 798. The highest BCUT2D eigenvalue weighted by Gasteiger charge is 2.11. The summed E-state index contributed by atoms with van der Waals surface area (Å²) in [5, 5.41) is 4.20. The summed E-state index contributed by atoms with van der Waals surface area (Å²) in [7, 11) is 1.66. The van der Waals surface area contributed by atoms with Crippen molar-refractivity contribution in [1.82, 2.24) is 9.97 Å². The zero-order valence-corrected chi connectivity index (χ0v) is 12.6. The number of nitrogens with zero attached hydrogens (tertiary/aromatic N) is 1. The maximum absolute atomic E-state index is 13.7. The normalized spacial score (nSPS) is 11.0. The number of fused-ring (bicyclic) bond motifs is 1. The van der Waals surface area contributed by atoms with Crippen molar-refractivity contribution >= 4 is 16.9 Å². The highest BCUT2D eigenvalue weighted by Crippen LogP contribution is 2.32. The van der Waals surface area contributed by atoms with Gasteiger partial charge in [0.25, 0.3) is 0 Å². The lowest BCUT2D eigenvalue weighted by Gasteiger charge is -2.11. The van der Waals surface area contributed by atoms with Gasteiger partial charge >= 0.3 is 0 Å². The quantitative estimate of drug-likeness (QED) is 0.706. The molecule has 0 unspecified atom stereocenters. The lowest BCUT2D eigenvalue weighted by atomic mass is 9.98. The number of benzene rings is 1. The van der Waals surface area contributed by atoms with Crippen LogP contribution in [0.15, 0.2) is 36.5 Å². The summed E-state index contributed by atoms with van der Waals surface area (Å²) in [5.41, 5.74) is 3.64. The molecule has 0 saturated carbocycles. The third kappa shape index (κ3) is 2.80. The third-order valence-electron chi connectivity index (χ3n) is 3.63. The number of hydrogen-bond donors (Lipinski definition) is 2. The highest BCUT2D eigenvalue weighted by molar-refractivity contribution is 5.95. The van der Waals surface area contributed by atoms with Gasteiger partial charge in [-0.25, -0.2) is 9.37 Å². The van der Waals surface area contributed by atoms with Crippen LogP contribution in [0.2, 0.25) is 0 Å². The van der Waals surface area contributed by atoms with Crippen LogP contribution in [-0.4, -0.2) is 30.2 Å². The van der Waals surface area contributed by atoms with E-state index in [0.29, 0.717) is 13.2 Å². The Labute approximate surface area is 128 Å². The van der Waals surface area contributed by atoms with Crippen molar-refractivity contribution in [2.24, 2.45) is 0 Å². The number of aromatic amines is 1. The second-order valence-corrected chi connectivity index (χ2v) is 5.17. The first-order valence-electron chi connectivity index (χ1n) is 7.16. The van der Waals surface area contributed by atoms with E-state index in [-0.39, 0.29) is 5.82 Å². The van der Waals surface area contributed by atoms with E-state index < -0.39 is 0 Å². The van der Waals surface area contributed by atoms with Gasteiger partial charge < -0.3 is 15.0 Å². The van der Waals surface area contributed by atoms with Crippen LogP contribution < -0.4 is 5.32 Å². The molecule has 0 bridgehead atoms. The molecule has 0 saturated heterocycles. The molecular formula is C17H18FN3O. The number of nitrogens with one attached hydrogen (secondary N) is 2. The Morgan fingerprint density at radius 2 is 2.09 bits per heavy atom. The van der Waals surface area contributed by atoms with E-state index >= 15 is 0 Å². The summed E-state index contributed by atoms with van der Waals surface area (Å²) < 4.78 is 18.7. The van der Waals surface area contributed by atoms with Gasteiger partial charge in [-0.2, -0.15) is 0 Å². The molecule has 22 heavy (non-hydrogen) atoms. The number of aryl methyl sites for hydroxylation is 1. The molecule has 0 spiro atoms. The Kier molecular flexibility index (Phi) is 4.06. The fraction of sp³-hybridized carbons (Fsp3) is 0.235. The van der Waals surface area contributed by atoms with E-state index in [0.717, 1.165) is 33.5 Å². The van der Waals surface area contributed by atoms with Gasteiger partial charge in [-0.1, -0.05) is 6.07 Å². The number of H-pyrrole nitrogens is 1. The minimum Gasteiger partial charge on any atom is -0.383 e. The molecule has 0 amide bonds. The summed E-state index contributed by atoms with van der Waals surface area (Å²) in [5.74, 6) is 0.501. The van der Waals surface area contributed by atoms with Crippen LogP contribution >= 0.6 is 0 Å². The van der Waals surface area contributed by atoms with Crippen molar-refractivity contribution in [3.05, 3.63) is 47.9 Å². The molecule has 0 radical (unpaired) electrons. The Morgan fingerprint density at radius 1 is 1.23 bits per heavy atom. The Hall–Kier alpha value is -2.40. The van der Waals surface area contributed by atoms with Gasteiger partial charge in [-0.3, -0.25) is 0 Å². The van der Waals surface area contributed by atoms with Gasteiger partial charge in [-0.15, -0.1) is 0 Å². The Morgan fingerprint density at radius 3 is 2.91 bits per heavy atom. The summed E-state index contributed by atoms with van der Waals surface area (Å²) in [6.07, 6.45) is 1.84. The van der Waals surface area contributed by atoms with E-state index in [1.165, 1.54) is 6.07 Å². The van der Waals surface area contributed by atoms with E-state index in [1.807, 2.05) is 25.3 Å². The molecule has 2 aromatic heterocycles. The second-order valence-electron chi connectivity index (χ2n) is 5.17. The molecule has 4 nitrogen and oxygen atoms in total. The number of anilines is 1. The molecule has 5 heteroatoms. The number of pyridine rings is 1. The van der Waals surface area contributed by atoms with Gasteiger partial charge in [-0.05, 0) is 47.9 Å². The van der Waals surface area contributed by atoms with E-state index in [2.05, 4.69) is 15.3 Å². The maximum atomic E-state index is 13.7. The molecule has 2 heterocycles. The molecular weight excluding hydrogens is 281 g/mol. The molecule has 0 atom stereocenters. The number of halogens is 1. The van der Waals surface area contributed by atoms with Gasteiger partial charge in [0.2, 0.25) is 0 Å². The monoisotopic (exact) mass is 299 g/mol. The summed E-state index contributed by atoms with van der Waals surface area (Å²) >= 11 is 0. The van der Waals surface area contributed by atoms with Crippen molar-refractivity contribution < 1.29 is 9.13 Å².